The number of aryl methyl sites for hydroxylation is 1. The van der Waals surface area contributed by atoms with Gasteiger partial charge in [-0.15, -0.1) is 0 Å². The summed E-state index contributed by atoms with van der Waals surface area (Å²) in [7, 11) is 0. The van der Waals surface area contributed by atoms with Crippen LogP contribution in [0.3, 0.4) is 0 Å². The zero-order valence-corrected chi connectivity index (χ0v) is 11.2. The van der Waals surface area contributed by atoms with Crippen molar-refractivity contribution >= 4 is 28.4 Å². The maximum absolute atomic E-state index is 5.99. The van der Waals surface area contributed by atoms with E-state index in [0.29, 0.717) is 16.6 Å². The van der Waals surface area contributed by atoms with Gasteiger partial charge in [0, 0.05) is 16.3 Å². The number of benzene rings is 2. The van der Waals surface area contributed by atoms with Crippen molar-refractivity contribution in [3.63, 3.8) is 0 Å². The van der Waals surface area contributed by atoms with E-state index in [9.17, 15) is 0 Å². The number of nitrogens with zero attached hydrogens (tertiary/aromatic N) is 1. The maximum atomic E-state index is 5.99. The largest absolute Gasteiger partial charge is 0.436 e. The second-order valence-electron chi connectivity index (χ2n) is 4.41. The van der Waals surface area contributed by atoms with Gasteiger partial charge in [-0.25, -0.2) is 4.98 Å². The Balaban J connectivity index is 2.21. The molecule has 1 aromatic heterocycles. The number of oxazole rings is 1. The Bertz CT molecular complexity index is 749. The smallest absolute Gasteiger partial charge is 0.227 e. The van der Waals surface area contributed by atoms with Crippen molar-refractivity contribution in [2.75, 3.05) is 5.73 Å². The normalized spacial score (nSPS) is 11.1. The molecule has 0 aliphatic carbocycles. The lowest BCUT2D eigenvalue weighted by Gasteiger charge is -1.98. The first-order chi connectivity index (χ1) is 9.17. The van der Waals surface area contributed by atoms with Crippen molar-refractivity contribution in [2.24, 2.45) is 0 Å². The van der Waals surface area contributed by atoms with E-state index in [1.807, 2.05) is 36.4 Å². The van der Waals surface area contributed by atoms with Crippen molar-refractivity contribution < 1.29 is 4.42 Å². The number of fused-ring (bicyclic) bond motifs is 1. The van der Waals surface area contributed by atoms with Crippen LogP contribution in [0, 0.1) is 0 Å². The van der Waals surface area contributed by atoms with E-state index in [1.165, 1.54) is 0 Å². The molecule has 3 nitrogen and oxygen atoms in total. The van der Waals surface area contributed by atoms with Gasteiger partial charge in [-0.05, 0) is 42.3 Å². The number of hydrogen-bond acceptors (Lipinski definition) is 3. The predicted octanol–water partition coefficient (Wildman–Crippen LogP) is 4.29. The number of nitrogen functional groups attached to an aromatic ring is 1. The summed E-state index contributed by atoms with van der Waals surface area (Å²) in [6, 6.07) is 11.2. The van der Waals surface area contributed by atoms with Gasteiger partial charge in [-0.2, -0.15) is 0 Å². The summed E-state index contributed by atoms with van der Waals surface area (Å²) in [5.41, 5.74) is 10.1. The molecule has 0 aliphatic heterocycles. The quantitative estimate of drug-likeness (QED) is 0.708. The molecule has 0 atom stereocenters. The fraction of sp³-hybridized carbons (Fsp3) is 0.133. The molecule has 0 bridgehead atoms. The van der Waals surface area contributed by atoms with E-state index >= 15 is 0 Å². The molecule has 2 N–H and O–H groups in total. The monoisotopic (exact) mass is 272 g/mol. The van der Waals surface area contributed by atoms with Crippen LogP contribution in [0.25, 0.3) is 22.6 Å². The highest BCUT2D eigenvalue weighted by Crippen LogP contribution is 2.29. The van der Waals surface area contributed by atoms with Gasteiger partial charge in [-0.3, -0.25) is 0 Å². The van der Waals surface area contributed by atoms with E-state index in [4.69, 9.17) is 21.8 Å². The summed E-state index contributed by atoms with van der Waals surface area (Å²) in [5.74, 6) is 0.567. The summed E-state index contributed by atoms with van der Waals surface area (Å²) in [4.78, 5) is 4.49. The molecule has 0 unspecified atom stereocenters. The van der Waals surface area contributed by atoms with Crippen molar-refractivity contribution in [2.45, 2.75) is 13.3 Å². The van der Waals surface area contributed by atoms with E-state index in [-0.39, 0.29) is 0 Å². The summed E-state index contributed by atoms with van der Waals surface area (Å²) < 4.78 is 5.86. The van der Waals surface area contributed by atoms with Crippen LogP contribution in [0.15, 0.2) is 40.8 Å². The average Bonchev–Trinajstić information content (AvgIpc) is 2.81. The zero-order valence-electron chi connectivity index (χ0n) is 10.5. The molecule has 0 spiro atoms. The van der Waals surface area contributed by atoms with Gasteiger partial charge in [0.25, 0.3) is 0 Å². The van der Waals surface area contributed by atoms with Crippen LogP contribution < -0.4 is 5.73 Å². The summed E-state index contributed by atoms with van der Waals surface area (Å²) in [6.07, 6.45) is 0.853. The number of rotatable bonds is 2. The maximum Gasteiger partial charge on any atom is 0.227 e. The third kappa shape index (κ3) is 2.17. The first kappa shape index (κ1) is 12.1. The molecule has 19 heavy (non-hydrogen) atoms. The van der Waals surface area contributed by atoms with Crippen LogP contribution in [-0.2, 0) is 6.42 Å². The third-order valence-electron chi connectivity index (χ3n) is 3.04. The highest BCUT2D eigenvalue weighted by atomic mass is 35.5. The lowest BCUT2D eigenvalue weighted by molar-refractivity contribution is 0.615. The summed E-state index contributed by atoms with van der Waals surface area (Å²) in [5, 5.41) is 0.662. The summed E-state index contributed by atoms with van der Waals surface area (Å²) >= 11 is 5.99. The van der Waals surface area contributed by atoms with Crippen LogP contribution in [0.1, 0.15) is 12.5 Å². The Morgan fingerprint density at radius 2 is 2.11 bits per heavy atom. The Hall–Kier alpha value is -2.00. The van der Waals surface area contributed by atoms with Gasteiger partial charge in [0.05, 0.1) is 0 Å². The van der Waals surface area contributed by atoms with Gasteiger partial charge in [0.15, 0.2) is 5.58 Å². The highest BCUT2D eigenvalue weighted by Gasteiger charge is 2.12. The molecule has 4 heteroatoms. The van der Waals surface area contributed by atoms with Crippen molar-refractivity contribution in [1.82, 2.24) is 4.98 Å². The van der Waals surface area contributed by atoms with E-state index in [2.05, 4.69) is 11.9 Å². The second kappa shape index (κ2) is 4.59. The van der Waals surface area contributed by atoms with Gasteiger partial charge in [0.1, 0.15) is 5.52 Å². The van der Waals surface area contributed by atoms with Crippen LogP contribution in [-0.4, -0.2) is 4.98 Å². The highest BCUT2D eigenvalue weighted by molar-refractivity contribution is 6.30. The third-order valence-corrected chi connectivity index (χ3v) is 3.28. The molecule has 2 aromatic carbocycles. The van der Waals surface area contributed by atoms with Gasteiger partial charge in [0.2, 0.25) is 5.89 Å². The van der Waals surface area contributed by atoms with E-state index < -0.39 is 0 Å². The summed E-state index contributed by atoms with van der Waals surface area (Å²) in [6.45, 7) is 2.07. The molecule has 3 rings (SSSR count). The Labute approximate surface area is 116 Å². The van der Waals surface area contributed by atoms with Crippen molar-refractivity contribution in [3.05, 3.63) is 47.0 Å². The minimum atomic E-state index is 0.567. The predicted molar refractivity (Wildman–Crippen MR) is 78.2 cm³/mol. The minimum absolute atomic E-state index is 0.567. The number of nitrogens with two attached hydrogens (primary N) is 1. The molecule has 0 fully saturated rings. The molecular formula is C15H13ClN2O. The molecule has 0 saturated heterocycles. The fourth-order valence-corrected chi connectivity index (χ4v) is 2.32. The van der Waals surface area contributed by atoms with Crippen LogP contribution in [0.5, 0.6) is 0 Å². The first-order valence-corrected chi connectivity index (χ1v) is 6.50. The van der Waals surface area contributed by atoms with Crippen LogP contribution >= 0.6 is 11.6 Å². The lowest BCUT2D eigenvalue weighted by atomic mass is 10.1. The van der Waals surface area contributed by atoms with Gasteiger partial charge in [-0.1, -0.05) is 24.6 Å². The Morgan fingerprint density at radius 1 is 1.26 bits per heavy atom. The van der Waals surface area contributed by atoms with E-state index in [0.717, 1.165) is 28.6 Å². The molecule has 1 heterocycles. The van der Waals surface area contributed by atoms with Crippen molar-refractivity contribution in [1.29, 1.82) is 0 Å². The molecule has 0 saturated carbocycles. The molecule has 0 aliphatic rings. The molecular weight excluding hydrogens is 260 g/mol. The van der Waals surface area contributed by atoms with Crippen LogP contribution in [0.4, 0.5) is 5.69 Å². The SMILES string of the molecule is CCc1cc(N)cc2nc(-c3cccc(Cl)c3)oc12. The number of halogens is 1. The number of aromatic nitrogens is 1. The second-order valence-corrected chi connectivity index (χ2v) is 4.85. The van der Waals surface area contributed by atoms with Crippen LogP contribution in [0.2, 0.25) is 5.02 Å². The van der Waals surface area contributed by atoms with E-state index in [1.54, 1.807) is 0 Å². The molecule has 96 valence electrons. The Kier molecular flexibility index (Phi) is 2.91. The topological polar surface area (TPSA) is 52.0 Å². The molecule has 0 radical (unpaired) electrons. The first-order valence-electron chi connectivity index (χ1n) is 6.12. The molecule has 3 aromatic rings. The Morgan fingerprint density at radius 3 is 2.84 bits per heavy atom. The number of hydrogen-bond donors (Lipinski definition) is 1. The lowest BCUT2D eigenvalue weighted by Crippen LogP contribution is -1.88. The van der Waals surface area contributed by atoms with Crippen molar-refractivity contribution in [3.8, 4) is 11.5 Å². The van der Waals surface area contributed by atoms with Gasteiger partial charge >= 0.3 is 0 Å². The average molecular weight is 273 g/mol. The fourth-order valence-electron chi connectivity index (χ4n) is 2.13. The van der Waals surface area contributed by atoms with Gasteiger partial charge < -0.3 is 10.2 Å². The zero-order chi connectivity index (χ0) is 13.4. The molecule has 0 amide bonds. The standard InChI is InChI=1S/C15H13ClN2O/c1-2-9-7-12(17)8-13-14(9)19-15(18-13)10-4-3-5-11(16)6-10/h3-8H,2,17H2,1H3. The minimum Gasteiger partial charge on any atom is -0.436 e. The number of anilines is 1.